The van der Waals surface area contributed by atoms with E-state index in [0.717, 1.165) is 19.3 Å². The van der Waals surface area contributed by atoms with Crippen LogP contribution >= 0.6 is 0 Å². The van der Waals surface area contributed by atoms with E-state index in [4.69, 9.17) is 5.73 Å². The standard InChI is InChI=1S/C12H27N3O2S/c1-5-15(11-8-6-7-10(11)9-13)18(16,17)14-12(2,3)4/h10-11,14H,5-9,13H2,1-4H3. The largest absolute Gasteiger partial charge is 0.330 e. The Bertz CT molecular complexity index is 362. The summed E-state index contributed by atoms with van der Waals surface area (Å²) in [5.41, 5.74) is 5.29. The van der Waals surface area contributed by atoms with Gasteiger partial charge in [0, 0.05) is 18.1 Å². The molecule has 0 aromatic heterocycles. The SMILES string of the molecule is CCN(C1CCCC1CN)S(=O)(=O)NC(C)(C)C. The molecular weight excluding hydrogens is 250 g/mol. The van der Waals surface area contributed by atoms with Crippen molar-refractivity contribution in [3.8, 4) is 0 Å². The first-order chi connectivity index (χ1) is 8.21. The summed E-state index contributed by atoms with van der Waals surface area (Å²) in [6, 6.07) is 0.0554. The molecule has 0 saturated heterocycles. The van der Waals surface area contributed by atoms with E-state index in [1.807, 2.05) is 27.7 Å². The third-order valence-electron chi connectivity index (χ3n) is 3.35. The van der Waals surface area contributed by atoms with Crippen LogP contribution in [0.3, 0.4) is 0 Å². The molecular formula is C12H27N3O2S. The Morgan fingerprint density at radius 2 is 1.94 bits per heavy atom. The van der Waals surface area contributed by atoms with E-state index in [0.29, 0.717) is 19.0 Å². The van der Waals surface area contributed by atoms with E-state index < -0.39 is 15.7 Å². The van der Waals surface area contributed by atoms with Crippen molar-refractivity contribution in [2.75, 3.05) is 13.1 Å². The quantitative estimate of drug-likeness (QED) is 0.789. The van der Waals surface area contributed by atoms with Crippen molar-refractivity contribution < 1.29 is 8.42 Å². The summed E-state index contributed by atoms with van der Waals surface area (Å²) >= 11 is 0. The van der Waals surface area contributed by atoms with E-state index in [2.05, 4.69) is 4.72 Å². The second-order valence-corrected chi connectivity index (χ2v) is 7.68. The zero-order valence-corrected chi connectivity index (χ0v) is 12.8. The number of nitrogens with two attached hydrogens (primary N) is 1. The van der Waals surface area contributed by atoms with Gasteiger partial charge < -0.3 is 5.73 Å². The highest BCUT2D eigenvalue weighted by Crippen LogP contribution is 2.30. The highest BCUT2D eigenvalue weighted by Gasteiger charge is 2.37. The molecule has 18 heavy (non-hydrogen) atoms. The van der Waals surface area contributed by atoms with Crippen LogP contribution in [0.1, 0.15) is 47.0 Å². The van der Waals surface area contributed by atoms with Crippen molar-refractivity contribution in [2.24, 2.45) is 11.7 Å². The second-order valence-electron chi connectivity index (χ2n) is 6.05. The van der Waals surface area contributed by atoms with Crippen molar-refractivity contribution >= 4 is 10.2 Å². The van der Waals surface area contributed by atoms with Gasteiger partial charge in [-0.2, -0.15) is 17.4 Å². The molecule has 1 aliphatic carbocycles. The van der Waals surface area contributed by atoms with Crippen LogP contribution in [-0.4, -0.2) is 37.4 Å². The Morgan fingerprint density at radius 1 is 1.33 bits per heavy atom. The van der Waals surface area contributed by atoms with Crippen molar-refractivity contribution in [1.29, 1.82) is 0 Å². The molecule has 1 aliphatic rings. The molecule has 0 heterocycles. The van der Waals surface area contributed by atoms with E-state index in [9.17, 15) is 8.42 Å². The van der Waals surface area contributed by atoms with Crippen LogP contribution in [0, 0.1) is 5.92 Å². The normalized spacial score (nSPS) is 25.9. The molecule has 1 fully saturated rings. The minimum atomic E-state index is -3.43. The molecule has 2 atom stereocenters. The van der Waals surface area contributed by atoms with Gasteiger partial charge in [0.2, 0.25) is 0 Å². The van der Waals surface area contributed by atoms with Gasteiger partial charge in [-0.25, -0.2) is 0 Å². The number of rotatable bonds is 5. The summed E-state index contributed by atoms with van der Waals surface area (Å²) in [5.74, 6) is 0.293. The van der Waals surface area contributed by atoms with Crippen molar-refractivity contribution in [1.82, 2.24) is 9.03 Å². The van der Waals surface area contributed by atoms with Crippen molar-refractivity contribution in [3.63, 3.8) is 0 Å². The third-order valence-corrected chi connectivity index (χ3v) is 5.36. The van der Waals surface area contributed by atoms with E-state index >= 15 is 0 Å². The second kappa shape index (κ2) is 5.86. The van der Waals surface area contributed by atoms with E-state index in [-0.39, 0.29) is 6.04 Å². The van der Waals surface area contributed by atoms with E-state index in [1.54, 1.807) is 4.31 Å². The Labute approximate surface area is 111 Å². The minimum Gasteiger partial charge on any atom is -0.330 e. The Kier molecular flexibility index (Phi) is 5.17. The van der Waals surface area contributed by atoms with Gasteiger partial charge in [0.25, 0.3) is 10.2 Å². The molecule has 5 nitrogen and oxygen atoms in total. The summed E-state index contributed by atoms with van der Waals surface area (Å²) in [6.07, 6.45) is 3.01. The van der Waals surface area contributed by atoms with Crippen molar-refractivity contribution in [2.45, 2.75) is 58.5 Å². The van der Waals surface area contributed by atoms with Crippen molar-refractivity contribution in [3.05, 3.63) is 0 Å². The topological polar surface area (TPSA) is 75.4 Å². The lowest BCUT2D eigenvalue weighted by Crippen LogP contribution is -2.53. The smallest absolute Gasteiger partial charge is 0.280 e. The first-order valence-corrected chi connectivity index (χ1v) is 8.16. The lowest BCUT2D eigenvalue weighted by molar-refractivity contribution is 0.268. The Hall–Kier alpha value is -0.170. The van der Waals surface area contributed by atoms with Gasteiger partial charge in [-0.1, -0.05) is 13.3 Å². The van der Waals surface area contributed by atoms with Crippen LogP contribution in [-0.2, 0) is 10.2 Å². The fourth-order valence-corrected chi connectivity index (χ4v) is 4.56. The van der Waals surface area contributed by atoms with E-state index in [1.165, 1.54) is 0 Å². The maximum absolute atomic E-state index is 12.4. The molecule has 1 rings (SSSR count). The molecule has 0 aromatic carbocycles. The van der Waals surface area contributed by atoms with Gasteiger partial charge in [-0.15, -0.1) is 0 Å². The maximum atomic E-state index is 12.4. The molecule has 0 bridgehead atoms. The van der Waals surface area contributed by atoms with Crippen LogP contribution in [0.2, 0.25) is 0 Å². The lowest BCUT2D eigenvalue weighted by Gasteiger charge is -2.33. The minimum absolute atomic E-state index is 0.0554. The highest BCUT2D eigenvalue weighted by atomic mass is 32.2. The highest BCUT2D eigenvalue weighted by molar-refractivity contribution is 7.87. The predicted octanol–water partition coefficient (Wildman–Crippen LogP) is 1.07. The molecule has 1 saturated carbocycles. The fourth-order valence-electron chi connectivity index (χ4n) is 2.70. The van der Waals surface area contributed by atoms with Crippen LogP contribution in [0.5, 0.6) is 0 Å². The average molecular weight is 277 g/mol. The number of nitrogens with one attached hydrogen (secondary N) is 1. The zero-order chi connectivity index (χ0) is 14.0. The molecule has 6 heteroatoms. The maximum Gasteiger partial charge on any atom is 0.280 e. The number of hydrogen-bond acceptors (Lipinski definition) is 3. The number of hydrogen-bond donors (Lipinski definition) is 2. The third kappa shape index (κ3) is 3.91. The molecule has 2 unspecified atom stereocenters. The van der Waals surface area contributed by atoms with Gasteiger partial charge in [-0.3, -0.25) is 0 Å². The van der Waals surface area contributed by atoms with Crippen LogP contribution < -0.4 is 10.5 Å². The van der Waals surface area contributed by atoms with Crippen LogP contribution in [0.15, 0.2) is 0 Å². The van der Waals surface area contributed by atoms with Gasteiger partial charge in [0.1, 0.15) is 0 Å². The molecule has 0 radical (unpaired) electrons. The lowest BCUT2D eigenvalue weighted by atomic mass is 10.0. The average Bonchev–Trinajstić information content (AvgIpc) is 2.62. The summed E-state index contributed by atoms with van der Waals surface area (Å²) in [6.45, 7) is 8.50. The van der Waals surface area contributed by atoms with Gasteiger partial charge in [0.05, 0.1) is 0 Å². The predicted molar refractivity (Wildman–Crippen MR) is 74.4 cm³/mol. The molecule has 0 amide bonds. The molecule has 108 valence electrons. The molecule has 0 aliphatic heterocycles. The first-order valence-electron chi connectivity index (χ1n) is 6.72. The Balaban J connectivity index is 2.89. The molecule has 0 spiro atoms. The summed E-state index contributed by atoms with van der Waals surface area (Å²) in [4.78, 5) is 0. The summed E-state index contributed by atoms with van der Waals surface area (Å²) < 4.78 is 29.1. The first kappa shape index (κ1) is 15.9. The Morgan fingerprint density at radius 3 is 2.39 bits per heavy atom. The monoisotopic (exact) mass is 277 g/mol. The van der Waals surface area contributed by atoms with Gasteiger partial charge in [-0.05, 0) is 46.1 Å². The van der Waals surface area contributed by atoms with Crippen LogP contribution in [0.4, 0.5) is 0 Å². The zero-order valence-electron chi connectivity index (χ0n) is 11.9. The summed E-state index contributed by atoms with van der Waals surface area (Å²) in [7, 11) is -3.43. The number of nitrogens with zero attached hydrogens (tertiary/aromatic N) is 1. The van der Waals surface area contributed by atoms with Gasteiger partial charge >= 0.3 is 0 Å². The van der Waals surface area contributed by atoms with Crippen LogP contribution in [0.25, 0.3) is 0 Å². The fraction of sp³-hybridized carbons (Fsp3) is 1.00. The summed E-state index contributed by atoms with van der Waals surface area (Å²) in [5, 5.41) is 0. The molecule has 3 N–H and O–H groups in total. The molecule has 0 aromatic rings. The van der Waals surface area contributed by atoms with Gasteiger partial charge in [0.15, 0.2) is 0 Å².